The summed E-state index contributed by atoms with van der Waals surface area (Å²) in [6.45, 7) is 5.54. The van der Waals surface area contributed by atoms with E-state index < -0.39 is 0 Å². The van der Waals surface area contributed by atoms with E-state index in [4.69, 9.17) is 19.7 Å². The first-order valence-corrected chi connectivity index (χ1v) is 10.7. The highest BCUT2D eigenvalue weighted by molar-refractivity contribution is 5.87. The summed E-state index contributed by atoms with van der Waals surface area (Å²) in [4.78, 5) is 22.0. The largest absolute Gasteiger partial charge is 0.462 e. The predicted octanol–water partition coefficient (Wildman–Crippen LogP) is 4.15. The number of fused-ring (bicyclic) bond motifs is 4. The zero-order valence-corrected chi connectivity index (χ0v) is 18.0. The van der Waals surface area contributed by atoms with Gasteiger partial charge in [-0.3, -0.25) is 9.55 Å². The van der Waals surface area contributed by atoms with Crippen LogP contribution in [0.3, 0.4) is 0 Å². The summed E-state index contributed by atoms with van der Waals surface area (Å²) in [6.07, 6.45) is 6.45. The fraction of sp³-hybridized carbons (Fsp3) is 0.250. The van der Waals surface area contributed by atoms with Gasteiger partial charge in [-0.25, -0.2) is 9.97 Å². The summed E-state index contributed by atoms with van der Waals surface area (Å²) >= 11 is 0. The Morgan fingerprint density at radius 1 is 1.12 bits per heavy atom. The molecule has 0 amide bonds. The van der Waals surface area contributed by atoms with Gasteiger partial charge < -0.3 is 15.0 Å². The third-order valence-electron chi connectivity index (χ3n) is 5.92. The van der Waals surface area contributed by atoms with Crippen LogP contribution in [0.1, 0.15) is 19.4 Å². The van der Waals surface area contributed by atoms with Crippen molar-refractivity contribution < 1.29 is 4.74 Å². The van der Waals surface area contributed by atoms with Crippen molar-refractivity contribution in [2.45, 2.75) is 25.8 Å². The van der Waals surface area contributed by atoms with Gasteiger partial charge >= 0.3 is 0 Å². The van der Waals surface area contributed by atoms with Crippen LogP contribution in [-0.2, 0) is 12.0 Å². The minimum Gasteiger partial charge on any atom is -0.462 e. The minimum atomic E-state index is -0.230. The Labute approximate surface area is 184 Å². The number of aromatic nitrogens is 6. The molecule has 4 aromatic heterocycles. The van der Waals surface area contributed by atoms with E-state index in [0.29, 0.717) is 30.8 Å². The van der Waals surface area contributed by atoms with Crippen LogP contribution < -0.4 is 10.1 Å². The number of imidazole rings is 1. The van der Waals surface area contributed by atoms with E-state index in [1.54, 1.807) is 12.4 Å². The van der Waals surface area contributed by atoms with E-state index >= 15 is 0 Å². The monoisotopic (exact) mass is 425 g/mol. The standard InChI is InChI=1S/C24H23N7O/c1-24(2)14-32-23-28-19-21(26-11-9-15-13-27-18-8-4-3-7-17(15)18)29-20(30-22(19)31(23)24)16-6-5-10-25-12-16/h3-8,10,12-13,27H,9,11,14H2,1-2H3,(H,26,29,30). The van der Waals surface area contributed by atoms with E-state index in [9.17, 15) is 0 Å². The highest BCUT2D eigenvalue weighted by Crippen LogP contribution is 2.37. The molecule has 32 heavy (non-hydrogen) atoms. The third-order valence-corrected chi connectivity index (χ3v) is 5.92. The van der Waals surface area contributed by atoms with E-state index in [-0.39, 0.29) is 5.54 Å². The molecule has 0 atom stereocenters. The molecule has 0 saturated carbocycles. The number of anilines is 1. The quantitative estimate of drug-likeness (QED) is 0.439. The highest BCUT2D eigenvalue weighted by Gasteiger charge is 2.36. The van der Waals surface area contributed by atoms with E-state index in [1.165, 1.54) is 10.9 Å². The van der Waals surface area contributed by atoms with E-state index in [0.717, 1.165) is 28.7 Å². The molecule has 2 N–H and O–H groups in total. The number of hydrogen-bond acceptors (Lipinski definition) is 6. The molecule has 0 unspecified atom stereocenters. The molecule has 8 nitrogen and oxygen atoms in total. The Bertz CT molecular complexity index is 1440. The van der Waals surface area contributed by atoms with Crippen molar-refractivity contribution >= 4 is 27.9 Å². The molecule has 0 fully saturated rings. The van der Waals surface area contributed by atoms with E-state index in [2.05, 4.69) is 58.1 Å². The topological polar surface area (TPSA) is 93.5 Å². The number of H-pyrrole nitrogens is 1. The first-order chi connectivity index (χ1) is 15.6. The van der Waals surface area contributed by atoms with Crippen LogP contribution in [0.15, 0.2) is 55.0 Å². The van der Waals surface area contributed by atoms with Crippen LogP contribution in [0.5, 0.6) is 6.01 Å². The normalized spacial score (nSPS) is 14.6. The van der Waals surface area contributed by atoms with Crippen molar-refractivity contribution in [3.63, 3.8) is 0 Å². The molecule has 0 spiro atoms. The van der Waals surface area contributed by atoms with Gasteiger partial charge in [0.2, 0.25) is 0 Å². The highest BCUT2D eigenvalue weighted by atomic mass is 16.5. The van der Waals surface area contributed by atoms with E-state index in [1.807, 2.05) is 18.2 Å². The molecule has 1 aliphatic rings. The van der Waals surface area contributed by atoms with Gasteiger partial charge in [0.15, 0.2) is 22.8 Å². The van der Waals surface area contributed by atoms with Crippen LogP contribution >= 0.6 is 0 Å². The zero-order valence-electron chi connectivity index (χ0n) is 18.0. The summed E-state index contributed by atoms with van der Waals surface area (Å²) < 4.78 is 7.91. The number of para-hydroxylation sites is 1. The SMILES string of the molecule is CC1(C)COc2nc3c(NCCc4c[nH]c5ccccc45)nc(-c4cccnc4)nc3n21. The van der Waals surface area contributed by atoms with Gasteiger partial charge in [0.1, 0.15) is 6.61 Å². The van der Waals surface area contributed by atoms with Crippen molar-refractivity contribution in [1.82, 2.24) is 29.5 Å². The number of hydrogen-bond donors (Lipinski definition) is 2. The van der Waals surface area contributed by atoms with Gasteiger partial charge in [-0.05, 0) is 44.0 Å². The van der Waals surface area contributed by atoms with Crippen LogP contribution in [0.4, 0.5) is 5.82 Å². The maximum atomic E-state index is 5.85. The lowest BCUT2D eigenvalue weighted by atomic mass is 10.1. The molecule has 0 radical (unpaired) electrons. The van der Waals surface area contributed by atoms with Crippen molar-refractivity contribution in [3.05, 3.63) is 60.6 Å². The molecule has 5 aromatic rings. The Morgan fingerprint density at radius 2 is 2.03 bits per heavy atom. The molecule has 0 bridgehead atoms. The van der Waals surface area contributed by atoms with Crippen LogP contribution in [0.2, 0.25) is 0 Å². The Hall–Kier alpha value is -3.94. The number of nitrogens with zero attached hydrogens (tertiary/aromatic N) is 5. The minimum absolute atomic E-state index is 0.230. The van der Waals surface area contributed by atoms with Gasteiger partial charge in [-0.15, -0.1) is 0 Å². The summed E-state index contributed by atoms with van der Waals surface area (Å²) in [5, 5.41) is 4.74. The Balaban J connectivity index is 1.39. The van der Waals surface area contributed by atoms with Crippen molar-refractivity contribution in [2.75, 3.05) is 18.5 Å². The number of benzene rings is 1. The van der Waals surface area contributed by atoms with Crippen molar-refractivity contribution in [2.24, 2.45) is 0 Å². The maximum absolute atomic E-state index is 5.85. The Morgan fingerprint density at radius 3 is 2.91 bits per heavy atom. The summed E-state index contributed by atoms with van der Waals surface area (Å²) in [6, 6.07) is 12.8. The fourth-order valence-corrected chi connectivity index (χ4v) is 4.29. The summed E-state index contributed by atoms with van der Waals surface area (Å²) in [5.41, 5.74) is 4.54. The first kappa shape index (κ1) is 18.8. The third kappa shape index (κ3) is 2.98. The van der Waals surface area contributed by atoms with Crippen molar-refractivity contribution in [3.8, 4) is 17.4 Å². The number of pyridine rings is 1. The maximum Gasteiger partial charge on any atom is 0.299 e. The summed E-state index contributed by atoms with van der Waals surface area (Å²) in [5.74, 6) is 1.32. The molecule has 1 aromatic carbocycles. The average molecular weight is 425 g/mol. The molecular weight excluding hydrogens is 402 g/mol. The molecule has 0 saturated heterocycles. The van der Waals surface area contributed by atoms with Crippen LogP contribution in [-0.4, -0.2) is 42.6 Å². The average Bonchev–Trinajstić information content (AvgIpc) is 3.48. The number of rotatable bonds is 5. The number of nitrogens with one attached hydrogen (secondary N) is 2. The van der Waals surface area contributed by atoms with Crippen LogP contribution in [0, 0.1) is 0 Å². The first-order valence-electron chi connectivity index (χ1n) is 10.7. The second kappa shape index (κ2) is 7.05. The molecule has 6 rings (SSSR count). The molecule has 5 heterocycles. The zero-order chi connectivity index (χ0) is 21.7. The number of ether oxygens (including phenoxy) is 1. The lowest BCUT2D eigenvalue weighted by molar-refractivity contribution is 0.268. The molecule has 160 valence electrons. The smallest absolute Gasteiger partial charge is 0.299 e. The predicted molar refractivity (Wildman–Crippen MR) is 124 cm³/mol. The molecule has 8 heteroatoms. The summed E-state index contributed by atoms with van der Waals surface area (Å²) in [7, 11) is 0. The van der Waals surface area contributed by atoms with Gasteiger partial charge in [-0.2, -0.15) is 4.98 Å². The van der Waals surface area contributed by atoms with Crippen molar-refractivity contribution in [1.29, 1.82) is 0 Å². The van der Waals surface area contributed by atoms with Gasteiger partial charge in [0, 0.05) is 41.6 Å². The van der Waals surface area contributed by atoms with Crippen LogP contribution in [0.25, 0.3) is 33.5 Å². The fourth-order valence-electron chi connectivity index (χ4n) is 4.29. The molecule has 0 aliphatic carbocycles. The lowest BCUT2D eigenvalue weighted by Crippen LogP contribution is -2.25. The molecular formula is C24H23N7O. The Kier molecular flexibility index (Phi) is 4.14. The number of aromatic amines is 1. The second-order valence-electron chi connectivity index (χ2n) is 8.68. The molecule has 1 aliphatic heterocycles. The lowest BCUT2D eigenvalue weighted by Gasteiger charge is -2.18. The second-order valence-corrected chi connectivity index (χ2v) is 8.68. The van der Waals surface area contributed by atoms with Gasteiger partial charge in [0.05, 0.1) is 5.54 Å². The van der Waals surface area contributed by atoms with Gasteiger partial charge in [0.25, 0.3) is 6.01 Å². The van der Waals surface area contributed by atoms with Gasteiger partial charge in [-0.1, -0.05) is 18.2 Å².